The number of carbonyl (C=O) groups is 1. The van der Waals surface area contributed by atoms with Crippen molar-refractivity contribution in [1.82, 2.24) is 0 Å². The van der Waals surface area contributed by atoms with Gasteiger partial charge in [0.1, 0.15) is 24.7 Å². The summed E-state index contributed by atoms with van der Waals surface area (Å²) in [4.78, 5) is 12.7. The van der Waals surface area contributed by atoms with Gasteiger partial charge in [0.05, 0.1) is 19.8 Å². The van der Waals surface area contributed by atoms with E-state index in [-0.39, 0.29) is 6.54 Å². The summed E-state index contributed by atoms with van der Waals surface area (Å²) in [5, 5.41) is 2.23. The lowest BCUT2D eigenvalue weighted by Gasteiger charge is -2.15. The van der Waals surface area contributed by atoms with Gasteiger partial charge in [0.25, 0.3) is 5.91 Å². The van der Waals surface area contributed by atoms with Crippen LogP contribution < -0.4 is 19.7 Å². The van der Waals surface area contributed by atoms with Gasteiger partial charge >= 0.3 is 0 Å². The van der Waals surface area contributed by atoms with Crippen LogP contribution in [-0.4, -0.2) is 39.8 Å². The smallest absolute Gasteiger partial charge is 0.279 e. The maximum atomic E-state index is 13.5. The summed E-state index contributed by atoms with van der Waals surface area (Å²) in [6.07, 6.45) is 0. The highest BCUT2D eigenvalue weighted by Gasteiger charge is 2.17. The van der Waals surface area contributed by atoms with Crippen LogP contribution in [0.1, 0.15) is 0 Å². The molecule has 0 heterocycles. The summed E-state index contributed by atoms with van der Waals surface area (Å²) in [7, 11) is 3.34. The van der Waals surface area contributed by atoms with Crippen molar-refractivity contribution in [3.05, 3.63) is 53.8 Å². The van der Waals surface area contributed by atoms with Crippen molar-refractivity contribution in [1.29, 1.82) is 0 Å². The highest BCUT2D eigenvalue weighted by Crippen LogP contribution is 2.19. The second-order valence-electron chi connectivity index (χ2n) is 5.68. The summed E-state index contributed by atoms with van der Waals surface area (Å²) >= 11 is 0. The number of ether oxygens (including phenoxy) is 2. The van der Waals surface area contributed by atoms with Crippen LogP contribution in [0.25, 0.3) is 0 Å². The molecular formula is C18H20F3N2O3+. The maximum Gasteiger partial charge on any atom is 0.279 e. The van der Waals surface area contributed by atoms with Crippen molar-refractivity contribution < 1.29 is 32.3 Å². The van der Waals surface area contributed by atoms with E-state index in [1.54, 1.807) is 38.4 Å². The average molecular weight is 369 g/mol. The molecule has 0 saturated heterocycles. The van der Waals surface area contributed by atoms with E-state index in [9.17, 15) is 18.0 Å². The lowest BCUT2D eigenvalue weighted by Crippen LogP contribution is -3.10. The number of methoxy groups -OCH3 is 1. The normalized spacial score (nSPS) is 11.7. The van der Waals surface area contributed by atoms with E-state index in [0.717, 1.165) is 22.8 Å². The standard InChI is InChI=1S/C18H19F3N2O3/c1-23(9-10-26-13-5-3-12(25-2)4-6-13)11-16(24)22-15-8-7-14(19)17(20)18(15)21/h3-8H,9-11H2,1-2H3,(H,22,24)/p+1. The highest BCUT2D eigenvalue weighted by molar-refractivity contribution is 5.91. The van der Waals surface area contributed by atoms with E-state index in [1.165, 1.54) is 0 Å². The molecule has 0 fully saturated rings. The first kappa shape index (κ1) is 19.6. The monoisotopic (exact) mass is 369 g/mol. The maximum absolute atomic E-state index is 13.5. The minimum Gasteiger partial charge on any atom is -0.497 e. The number of nitrogens with one attached hydrogen (secondary N) is 2. The lowest BCUT2D eigenvalue weighted by atomic mass is 10.2. The second-order valence-corrected chi connectivity index (χ2v) is 5.68. The number of halogens is 3. The predicted molar refractivity (Wildman–Crippen MR) is 90.1 cm³/mol. The molecule has 2 N–H and O–H groups in total. The topological polar surface area (TPSA) is 52.0 Å². The van der Waals surface area contributed by atoms with Gasteiger partial charge in [-0.15, -0.1) is 0 Å². The number of hydrogen-bond acceptors (Lipinski definition) is 3. The first-order valence-electron chi connectivity index (χ1n) is 7.92. The Hall–Kier alpha value is -2.74. The van der Waals surface area contributed by atoms with Crippen molar-refractivity contribution in [2.75, 3.05) is 39.2 Å². The van der Waals surface area contributed by atoms with Crippen molar-refractivity contribution in [3.8, 4) is 11.5 Å². The molecule has 0 saturated carbocycles. The minimum atomic E-state index is -1.61. The first-order chi connectivity index (χ1) is 12.4. The summed E-state index contributed by atoms with van der Waals surface area (Å²) in [6, 6.07) is 8.83. The summed E-state index contributed by atoms with van der Waals surface area (Å²) in [5.74, 6) is -3.46. The molecule has 0 aliphatic carbocycles. The van der Waals surface area contributed by atoms with E-state index in [2.05, 4.69) is 5.32 Å². The number of carbonyl (C=O) groups excluding carboxylic acids is 1. The largest absolute Gasteiger partial charge is 0.497 e. The van der Waals surface area contributed by atoms with Crippen LogP contribution in [0.4, 0.5) is 18.9 Å². The van der Waals surface area contributed by atoms with Crippen LogP contribution >= 0.6 is 0 Å². The first-order valence-corrected chi connectivity index (χ1v) is 7.92. The number of hydrogen-bond donors (Lipinski definition) is 2. The van der Waals surface area contributed by atoms with Crippen molar-refractivity contribution in [3.63, 3.8) is 0 Å². The molecule has 140 valence electrons. The van der Waals surface area contributed by atoms with Crippen LogP contribution in [0.15, 0.2) is 36.4 Å². The number of anilines is 1. The summed E-state index contributed by atoms with van der Waals surface area (Å²) in [5.41, 5.74) is -0.392. The fourth-order valence-electron chi connectivity index (χ4n) is 2.19. The molecule has 0 aliphatic rings. The van der Waals surface area contributed by atoms with Crippen LogP contribution in [-0.2, 0) is 4.79 Å². The zero-order valence-electron chi connectivity index (χ0n) is 14.4. The molecule has 2 aromatic carbocycles. The van der Waals surface area contributed by atoms with Crippen molar-refractivity contribution >= 4 is 11.6 Å². The number of rotatable bonds is 8. The molecule has 2 aromatic rings. The molecule has 5 nitrogen and oxygen atoms in total. The third-order valence-corrected chi connectivity index (χ3v) is 3.63. The number of quaternary nitrogens is 1. The molecule has 1 unspecified atom stereocenters. The predicted octanol–water partition coefficient (Wildman–Crippen LogP) is 1.64. The van der Waals surface area contributed by atoms with E-state index in [0.29, 0.717) is 18.9 Å². The van der Waals surface area contributed by atoms with Gasteiger partial charge in [0, 0.05) is 0 Å². The van der Waals surface area contributed by atoms with E-state index in [1.807, 2.05) is 0 Å². The molecule has 8 heteroatoms. The Morgan fingerprint density at radius 1 is 1.04 bits per heavy atom. The third-order valence-electron chi connectivity index (χ3n) is 3.63. The Morgan fingerprint density at radius 3 is 2.35 bits per heavy atom. The van der Waals surface area contributed by atoms with Gasteiger partial charge in [-0.05, 0) is 36.4 Å². The van der Waals surface area contributed by atoms with Crippen molar-refractivity contribution in [2.45, 2.75) is 0 Å². The molecule has 0 aliphatic heterocycles. The second kappa shape index (κ2) is 9.10. The molecular weight excluding hydrogens is 349 g/mol. The molecule has 1 amide bonds. The Balaban J connectivity index is 1.77. The Labute approximate surface area is 149 Å². The molecule has 0 aromatic heterocycles. The van der Waals surface area contributed by atoms with Gasteiger partial charge in [-0.3, -0.25) is 4.79 Å². The lowest BCUT2D eigenvalue weighted by molar-refractivity contribution is -0.871. The zero-order chi connectivity index (χ0) is 19.1. The van der Waals surface area contributed by atoms with Gasteiger partial charge in [-0.1, -0.05) is 0 Å². The summed E-state index contributed by atoms with van der Waals surface area (Å²) in [6.45, 7) is 0.898. The number of amides is 1. The van der Waals surface area contributed by atoms with Gasteiger partial charge in [0.2, 0.25) is 0 Å². The molecule has 0 radical (unpaired) electrons. The van der Waals surface area contributed by atoms with E-state index < -0.39 is 29.0 Å². The minimum absolute atomic E-state index is 0.0183. The van der Waals surface area contributed by atoms with E-state index in [4.69, 9.17) is 9.47 Å². The Morgan fingerprint density at radius 2 is 1.69 bits per heavy atom. The van der Waals surface area contributed by atoms with Gasteiger partial charge in [-0.2, -0.15) is 0 Å². The fraction of sp³-hybridized carbons (Fsp3) is 0.278. The summed E-state index contributed by atoms with van der Waals surface area (Å²) < 4.78 is 50.2. The van der Waals surface area contributed by atoms with Crippen LogP contribution in [0.5, 0.6) is 11.5 Å². The van der Waals surface area contributed by atoms with Crippen molar-refractivity contribution in [2.24, 2.45) is 0 Å². The fourth-order valence-corrected chi connectivity index (χ4v) is 2.19. The Bertz CT molecular complexity index is 754. The third kappa shape index (κ3) is 5.38. The highest BCUT2D eigenvalue weighted by atomic mass is 19.2. The molecule has 26 heavy (non-hydrogen) atoms. The Kier molecular flexibility index (Phi) is 6.85. The van der Waals surface area contributed by atoms with Gasteiger partial charge < -0.3 is 19.7 Å². The molecule has 0 bridgehead atoms. The van der Waals surface area contributed by atoms with Crippen LogP contribution in [0, 0.1) is 17.5 Å². The quantitative estimate of drug-likeness (QED) is 0.696. The van der Waals surface area contributed by atoms with E-state index >= 15 is 0 Å². The van der Waals surface area contributed by atoms with Gasteiger partial charge in [-0.25, -0.2) is 13.2 Å². The van der Waals surface area contributed by atoms with Gasteiger partial charge in [0.15, 0.2) is 24.0 Å². The molecule has 1 atom stereocenters. The number of benzene rings is 2. The van der Waals surface area contributed by atoms with Crippen LogP contribution in [0.3, 0.4) is 0 Å². The molecule has 2 rings (SSSR count). The SMILES string of the molecule is COc1ccc(OCC[NH+](C)CC(=O)Nc2ccc(F)c(F)c2F)cc1. The van der Waals surface area contributed by atoms with Crippen LogP contribution in [0.2, 0.25) is 0 Å². The molecule has 0 spiro atoms. The zero-order valence-corrected chi connectivity index (χ0v) is 14.4. The number of likely N-dealkylation sites (N-methyl/N-ethyl adjacent to an activating group) is 1. The average Bonchev–Trinajstić information content (AvgIpc) is 2.62.